The Kier molecular flexibility index (Phi) is 4.56. The molecule has 4 nitrogen and oxygen atoms in total. The zero-order chi connectivity index (χ0) is 19.4. The first-order valence-electron chi connectivity index (χ1n) is 10.4. The Morgan fingerprint density at radius 1 is 1.21 bits per heavy atom. The van der Waals surface area contributed by atoms with Gasteiger partial charge in [-0.15, -0.1) is 0 Å². The number of esters is 1. The number of carbonyl (C=O) groups excluding carboxylic acids is 1. The van der Waals surface area contributed by atoms with Gasteiger partial charge in [0.25, 0.3) is 0 Å². The third kappa shape index (κ3) is 3.19. The lowest BCUT2D eigenvalue weighted by Gasteiger charge is -2.60. The van der Waals surface area contributed by atoms with Crippen molar-refractivity contribution in [3.8, 4) is 0 Å². The SMILES string of the molecule is Cc1c(I)cnn1CC12C[C@H]3C[C@@H](C1)CC(C(=O)OCc1ccccc1)(C3)C2. The van der Waals surface area contributed by atoms with Gasteiger partial charge >= 0.3 is 5.97 Å². The van der Waals surface area contributed by atoms with E-state index in [0.29, 0.717) is 18.4 Å². The Bertz CT molecular complexity index is 877. The second-order valence-corrected chi connectivity index (χ2v) is 10.7. The van der Waals surface area contributed by atoms with Crippen molar-refractivity contribution in [1.82, 2.24) is 9.78 Å². The van der Waals surface area contributed by atoms with E-state index >= 15 is 0 Å². The highest BCUT2D eigenvalue weighted by atomic mass is 127. The molecule has 0 spiro atoms. The number of benzene rings is 1. The predicted molar refractivity (Wildman–Crippen MR) is 115 cm³/mol. The summed E-state index contributed by atoms with van der Waals surface area (Å²) in [5, 5.41) is 4.63. The van der Waals surface area contributed by atoms with Gasteiger partial charge < -0.3 is 4.74 Å². The van der Waals surface area contributed by atoms with E-state index in [1.807, 2.05) is 36.5 Å². The molecular formula is C23H27IN2O2. The Morgan fingerprint density at radius 3 is 2.57 bits per heavy atom. The quantitative estimate of drug-likeness (QED) is 0.432. The Morgan fingerprint density at radius 2 is 1.93 bits per heavy atom. The lowest BCUT2D eigenvalue weighted by atomic mass is 9.44. The molecule has 1 heterocycles. The van der Waals surface area contributed by atoms with Gasteiger partial charge in [-0.1, -0.05) is 30.3 Å². The van der Waals surface area contributed by atoms with Crippen LogP contribution >= 0.6 is 22.6 Å². The smallest absolute Gasteiger partial charge is 0.312 e. The van der Waals surface area contributed by atoms with Crippen LogP contribution in [0.2, 0.25) is 0 Å². The summed E-state index contributed by atoms with van der Waals surface area (Å²) in [6.07, 6.45) is 8.76. The van der Waals surface area contributed by atoms with Crippen LogP contribution in [-0.2, 0) is 22.7 Å². The van der Waals surface area contributed by atoms with Crippen molar-refractivity contribution in [2.45, 2.75) is 58.6 Å². The molecule has 2 aromatic rings. The summed E-state index contributed by atoms with van der Waals surface area (Å²) in [5.74, 6) is 1.38. The zero-order valence-corrected chi connectivity index (χ0v) is 18.5. The molecule has 4 bridgehead atoms. The van der Waals surface area contributed by atoms with Crippen molar-refractivity contribution < 1.29 is 9.53 Å². The molecule has 2 unspecified atom stereocenters. The van der Waals surface area contributed by atoms with Crippen molar-refractivity contribution in [3.05, 3.63) is 51.4 Å². The predicted octanol–water partition coefficient (Wildman–Crippen LogP) is 5.13. The maximum atomic E-state index is 13.3. The van der Waals surface area contributed by atoms with E-state index in [9.17, 15) is 4.79 Å². The summed E-state index contributed by atoms with van der Waals surface area (Å²) in [6.45, 7) is 3.49. The van der Waals surface area contributed by atoms with Crippen LogP contribution in [0.4, 0.5) is 0 Å². The number of rotatable bonds is 5. The monoisotopic (exact) mass is 490 g/mol. The van der Waals surface area contributed by atoms with E-state index < -0.39 is 0 Å². The topological polar surface area (TPSA) is 44.1 Å². The zero-order valence-electron chi connectivity index (χ0n) is 16.4. The maximum Gasteiger partial charge on any atom is 0.312 e. The number of carbonyl (C=O) groups is 1. The van der Waals surface area contributed by atoms with Crippen LogP contribution in [0.3, 0.4) is 0 Å². The van der Waals surface area contributed by atoms with E-state index in [1.165, 1.54) is 28.5 Å². The fraction of sp³-hybridized carbons (Fsp3) is 0.565. The highest BCUT2D eigenvalue weighted by Crippen LogP contribution is 2.66. The van der Waals surface area contributed by atoms with Crippen molar-refractivity contribution in [3.63, 3.8) is 0 Å². The minimum atomic E-state index is -0.271. The van der Waals surface area contributed by atoms with Crippen LogP contribution in [0, 0.1) is 33.2 Å². The first kappa shape index (κ1) is 18.6. The largest absolute Gasteiger partial charge is 0.460 e. The summed E-state index contributed by atoms with van der Waals surface area (Å²) in [5.41, 5.74) is 2.25. The molecule has 0 saturated heterocycles. The minimum Gasteiger partial charge on any atom is -0.460 e. The fourth-order valence-electron chi connectivity index (χ4n) is 6.65. The van der Waals surface area contributed by atoms with Crippen LogP contribution < -0.4 is 0 Å². The number of aromatic nitrogens is 2. The Hall–Kier alpha value is -1.37. The molecule has 148 valence electrons. The molecule has 4 saturated carbocycles. The van der Waals surface area contributed by atoms with Gasteiger partial charge in [-0.25, -0.2) is 0 Å². The number of hydrogen-bond donors (Lipinski definition) is 0. The number of nitrogens with zero attached hydrogens (tertiary/aromatic N) is 2. The van der Waals surface area contributed by atoms with Gasteiger partial charge in [-0.3, -0.25) is 9.48 Å². The van der Waals surface area contributed by atoms with Gasteiger partial charge in [0.2, 0.25) is 0 Å². The average molecular weight is 490 g/mol. The van der Waals surface area contributed by atoms with Gasteiger partial charge in [0, 0.05) is 12.2 Å². The maximum absolute atomic E-state index is 13.3. The molecular weight excluding hydrogens is 463 g/mol. The molecule has 5 heteroatoms. The van der Waals surface area contributed by atoms with Gasteiger partial charge in [-0.05, 0) is 90.9 Å². The molecule has 4 atom stereocenters. The summed E-state index contributed by atoms with van der Waals surface area (Å²) in [7, 11) is 0. The standard InChI is InChI=1S/C23H27IN2O2/c1-16-20(24)12-25-26(16)15-22-8-18-7-19(9-22)11-23(10-18,14-22)21(27)28-13-17-5-3-2-4-6-17/h2-6,12,18-19H,7-11,13-15H2,1H3/t18-,19+,22?,23?. The molecule has 0 N–H and O–H groups in total. The van der Waals surface area contributed by atoms with Crippen LogP contribution in [0.15, 0.2) is 36.5 Å². The summed E-state index contributed by atoms with van der Waals surface area (Å²) >= 11 is 2.36. The average Bonchev–Trinajstić information content (AvgIpc) is 2.97. The number of halogens is 1. The first-order chi connectivity index (χ1) is 13.5. The third-order valence-corrected chi connectivity index (χ3v) is 8.42. The van der Waals surface area contributed by atoms with Crippen LogP contribution in [0.25, 0.3) is 0 Å². The van der Waals surface area contributed by atoms with Crippen molar-refractivity contribution in [1.29, 1.82) is 0 Å². The molecule has 28 heavy (non-hydrogen) atoms. The van der Waals surface area contributed by atoms with Crippen LogP contribution in [-0.4, -0.2) is 15.7 Å². The van der Waals surface area contributed by atoms with Crippen molar-refractivity contribution in [2.24, 2.45) is 22.7 Å². The van der Waals surface area contributed by atoms with E-state index in [4.69, 9.17) is 4.74 Å². The van der Waals surface area contributed by atoms with Gasteiger partial charge in [0.05, 0.1) is 15.2 Å². The molecule has 1 aromatic carbocycles. The summed E-state index contributed by atoms with van der Waals surface area (Å²) in [6, 6.07) is 10.0. The van der Waals surface area contributed by atoms with Crippen molar-refractivity contribution in [2.75, 3.05) is 0 Å². The van der Waals surface area contributed by atoms with E-state index in [2.05, 4.69) is 39.3 Å². The summed E-state index contributed by atoms with van der Waals surface area (Å²) in [4.78, 5) is 13.3. The minimum absolute atomic E-state index is 0.0431. The third-order valence-electron chi connectivity index (χ3n) is 7.36. The van der Waals surface area contributed by atoms with Gasteiger partial charge in [0.1, 0.15) is 6.61 Å². The lowest BCUT2D eigenvalue weighted by molar-refractivity contribution is -0.184. The lowest BCUT2D eigenvalue weighted by Crippen LogP contribution is -2.56. The molecule has 0 amide bonds. The van der Waals surface area contributed by atoms with E-state index in [1.54, 1.807) is 0 Å². The molecule has 0 radical (unpaired) electrons. The van der Waals surface area contributed by atoms with Crippen molar-refractivity contribution >= 4 is 28.6 Å². The van der Waals surface area contributed by atoms with E-state index in [-0.39, 0.29) is 16.8 Å². The Balaban J connectivity index is 1.37. The Labute approximate surface area is 180 Å². The normalized spacial score (nSPS) is 33.2. The van der Waals surface area contributed by atoms with Crippen LogP contribution in [0.5, 0.6) is 0 Å². The highest BCUT2D eigenvalue weighted by molar-refractivity contribution is 14.1. The summed E-state index contributed by atoms with van der Waals surface area (Å²) < 4.78 is 9.27. The molecule has 4 aliphatic rings. The fourth-order valence-corrected chi connectivity index (χ4v) is 7.06. The first-order valence-corrected chi connectivity index (χ1v) is 11.4. The van der Waals surface area contributed by atoms with Gasteiger partial charge in [-0.2, -0.15) is 5.10 Å². The van der Waals surface area contributed by atoms with Gasteiger partial charge in [0.15, 0.2) is 0 Å². The number of ether oxygens (including phenoxy) is 1. The second-order valence-electron chi connectivity index (χ2n) is 9.54. The number of hydrogen-bond acceptors (Lipinski definition) is 3. The molecule has 6 rings (SSSR count). The molecule has 4 fully saturated rings. The molecule has 0 aliphatic heterocycles. The highest BCUT2D eigenvalue weighted by Gasteiger charge is 2.61. The van der Waals surface area contributed by atoms with Crippen LogP contribution in [0.1, 0.15) is 49.8 Å². The second kappa shape index (κ2) is 6.85. The molecule has 4 aliphatic carbocycles. The molecule has 1 aromatic heterocycles. The van der Waals surface area contributed by atoms with E-state index in [0.717, 1.165) is 31.4 Å².